The molecule has 0 atom stereocenters. The molecule has 2 aromatic rings. The van der Waals surface area contributed by atoms with Crippen molar-refractivity contribution in [1.29, 1.82) is 0 Å². The van der Waals surface area contributed by atoms with Crippen molar-refractivity contribution in [2.75, 3.05) is 0 Å². The minimum Gasteiger partial charge on any atom is -0.324 e. The number of halogens is 1. The Kier molecular flexibility index (Phi) is 1.91. The van der Waals surface area contributed by atoms with E-state index in [1.54, 1.807) is 16.8 Å². The molecular formula is C5H5ClN4O. The number of hydrogen-bond acceptors (Lipinski definition) is 3. The van der Waals surface area contributed by atoms with Gasteiger partial charge in [-0.25, -0.2) is 0 Å². The maximum absolute atomic E-state index is 10.9. The van der Waals surface area contributed by atoms with E-state index in [2.05, 4.69) is 15.2 Å². The predicted octanol–water partition coefficient (Wildman–Crippen LogP) is -0.161. The molecule has 0 fully saturated rings. The van der Waals surface area contributed by atoms with Crippen molar-refractivity contribution < 1.29 is 0 Å². The van der Waals surface area contributed by atoms with E-state index in [0.29, 0.717) is 5.65 Å². The van der Waals surface area contributed by atoms with E-state index in [-0.39, 0.29) is 18.0 Å². The molecule has 0 saturated carbocycles. The molecule has 0 spiro atoms. The lowest BCUT2D eigenvalue weighted by atomic mass is 10.7. The molecule has 0 aliphatic rings. The Bertz CT molecular complexity index is 406. The average molecular weight is 173 g/mol. The second-order valence-corrected chi connectivity index (χ2v) is 1.85. The van der Waals surface area contributed by atoms with Gasteiger partial charge in [0.25, 0.3) is 5.56 Å². The van der Waals surface area contributed by atoms with Crippen LogP contribution in [-0.4, -0.2) is 19.6 Å². The summed E-state index contributed by atoms with van der Waals surface area (Å²) in [4.78, 5) is 13.3. The summed E-state index contributed by atoms with van der Waals surface area (Å²) in [6.45, 7) is 0. The summed E-state index contributed by atoms with van der Waals surface area (Å²) in [6.07, 6.45) is 4.69. The van der Waals surface area contributed by atoms with Crippen molar-refractivity contribution in [2.45, 2.75) is 0 Å². The number of nitrogens with zero attached hydrogens (tertiary/aromatic N) is 3. The Balaban J connectivity index is 0.000000605. The van der Waals surface area contributed by atoms with Crippen LogP contribution in [0, 0.1) is 0 Å². The lowest BCUT2D eigenvalue weighted by molar-refractivity contribution is 1.09. The van der Waals surface area contributed by atoms with Gasteiger partial charge in [-0.3, -0.25) is 9.20 Å². The molecule has 0 amide bonds. The maximum atomic E-state index is 10.9. The van der Waals surface area contributed by atoms with Crippen LogP contribution in [0.3, 0.4) is 0 Å². The third-order valence-corrected chi connectivity index (χ3v) is 1.23. The van der Waals surface area contributed by atoms with Gasteiger partial charge in [0.15, 0.2) is 0 Å². The van der Waals surface area contributed by atoms with E-state index in [1.165, 1.54) is 6.33 Å². The van der Waals surface area contributed by atoms with E-state index in [4.69, 9.17) is 0 Å². The number of hydrogen-bond donors (Lipinski definition) is 1. The van der Waals surface area contributed by atoms with Crippen molar-refractivity contribution >= 4 is 18.1 Å². The van der Waals surface area contributed by atoms with Gasteiger partial charge in [0.05, 0.1) is 0 Å². The fraction of sp³-hybridized carbons (Fsp3) is 0. The van der Waals surface area contributed by atoms with Crippen LogP contribution in [0.1, 0.15) is 0 Å². The van der Waals surface area contributed by atoms with Crippen molar-refractivity contribution in [3.8, 4) is 0 Å². The Morgan fingerprint density at radius 1 is 1.55 bits per heavy atom. The zero-order chi connectivity index (χ0) is 6.97. The molecule has 2 heterocycles. The molecule has 2 rings (SSSR count). The third kappa shape index (κ3) is 1.10. The van der Waals surface area contributed by atoms with Crippen LogP contribution in [0.25, 0.3) is 5.65 Å². The molecule has 6 heteroatoms. The number of fused-ring (bicyclic) bond motifs is 1. The Hall–Kier alpha value is -1.36. The smallest absolute Gasteiger partial charge is 0.293 e. The zero-order valence-electron chi connectivity index (χ0n) is 5.39. The van der Waals surface area contributed by atoms with Gasteiger partial charge in [-0.05, 0) is 0 Å². The molecule has 0 aliphatic carbocycles. The molecule has 58 valence electrons. The predicted molar refractivity (Wildman–Crippen MR) is 40.9 cm³/mol. The topological polar surface area (TPSA) is 63.0 Å². The molecule has 5 nitrogen and oxygen atoms in total. The summed E-state index contributed by atoms with van der Waals surface area (Å²) in [5.41, 5.74) is 0.0995. The Morgan fingerprint density at radius 3 is 3.09 bits per heavy atom. The van der Waals surface area contributed by atoms with E-state index >= 15 is 0 Å². The van der Waals surface area contributed by atoms with Crippen molar-refractivity contribution in [3.63, 3.8) is 0 Å². The minimum atomic E-state index is -0.222. The Labute approximate surface area is 67.5 Å². The van der Waals surface area contributed by atoms with Gasteiger partial charge in [0.1, 0.15) is 6.33 Å². The standard InChI is InChI=1S/C5H4N4O.ClH/c10-5-4-8-7-3-9(4)2-1-6-5;/h1-3H,(H,6,10);1H. The second kappa shape index (κ2) is 2.71. The van der Waals surface area contributed by atoms with Crippen LogP contribution >= 0.6 is 12.4 Å². The molecule has 0 saturated heterocycles. The molecule has 0 aromatic carbocycles. The molecule has 0 radical (unpaired) electrons. The number of rotatable bonds is 0. The first-order valence-corrected chi connectivity index (χ1v) is 2.75. The molecule has 1 N–H and O–H groups in total. The van der Waals surface area contributed by atoms with Gasteiger partial charge >= 0.3 is 0 Å². The lowest BCUT2D eigenvalue weighted by Crippen LogP contribution is -2.07. The summed E-state index contributed by atoms with van der Waals surface area (Å²) >= 11 is 0. The van der Waals surface area contributed by atoms with Crippen molar-refractivity contribution in [2.24, 2.45) is 0 Å². The fourth-order valence-corrected chi connectivity index (χ4v) is 0.772. The van der Waals surface area contributed by atoms with E-state index in [9.17, 15) is 4.79 Å². The van der Waals surface area contributed by atoms with E-state index in [0.717, 1.165) is 0 Å². The highest BCUT2D eigenvalue weighted by Gasteiger charge is 1.95. The largest absolute Gasteiger partial charge is 0.324 e. The first-order valence-electron chi connectivity index (χ1n) is 2.75. The van der Waals surface area contributed by atoms with Crippen LogP contribution in [0.5, 0.6) is 0 Å². The normalized spacial score (nSPS) is 9.45. The summed E-state index contributed by atoms with van der Waals surface area (Å²) < 4.78 is 1.55. The van der Waals surface area contributed by atoms with E-state index in [1.807, 2.05) is 0 Å². The summed E-state index contributed by atoms with van der Waals surface area (Å²) in [7, 11) is 0. The highest BCUT2D eigenvalue weighted by atomic mass is 35.5. The van der Waals surface area contributed by atoms with Crippen LogP contribution in [0.15, 0.2) is 23.5 Å². The first-order chi connectivity index (χ1) is 4.88. The summed E-state index contributed by atoms with van der Waals surface area (Å²) in [5, 5.41) is 7.14. The summed E-state index contributed by atoms with van der Waals surface area (Å²) in [6, 6.07) is 0. The van der Waals surface area contributed by atoms with Gasteiger partial charge in [-0.1, -0.05) is 0 Å². The molecule has 0 bridgehead atoms. The van der Waals surface area contributed by atoms with Gasteiger partial charge in [0, 0.05) is 12.4 Å². The molecule has 0 aliphatic heterocycles. The minimum absolute atomic E-state index is 0. The van der Waals surface area contributed by atoms with E-state index < -0.39 is 0 Å². The van der Waals surface area contributed by atoms with Crippen molar-refractivity contribution in [3.05, 3.63) is 29.1 Å². The Morgan fingerprint density at radius 2 is 2.36 bits per heavy atom. The average Bonchev–Trinajstić information content (AvgIpc) is 2.36. The van der Waals surface area contributed by atoms with Crippen LogP contribution in [0.2, 0.25) is 0 Å². The zero-order valence-corrected chi connectivity index (χ0v) is 6.21. The van der Waals surface area contributed by atoms with Gasteiger partial charge < -0.3 is 4.98 Å². The number of aromatic nitrogens is 4. The quantitative estimate of drug-likeness (QED) is 0.601. The maximum Gasteiger partial charge on any atom is 0.293 e. The van der Waals surface area contributed by atoms with Crippen molar-refractivity contribution in [1.82, 2.24) is 19.6 Å². The molecule has 2 aromatic heterocycles. The van der Waals surface area contributed by atoms with Gasteiger partial charge in [-0.15, -0.1) is 22.6 Å². The molecular weight excluding hydrogens is 168 g/mol. The lowest BCUT2D eigenvalue weighted by Gasteiger charge is -1.85. The number of H-pyrrole nitrogens is 1. The molecule has 11 heavy (non-hydrogen) atoms. The molecule has 0 unspecified atom stereocenters. The third-order valence-electron chi connectivity index (χ3n) is 1.23. The van der Waals surface area contributed by atoms with Crippen LogP contribution in [-0.2, 0) is 0 Å². The van der Waals surface area contributed by atoms with Gasteiger partial charge in [0.2, 0.25) is 5.65 Å². The monoisotopic (exact) mass is 172 g/mol. The highest BCUT2D eigenvalue weighted by Crippen LogP contribution is 1.85. The SMILES string of the molecule is Cl.O=c1[nH]ccn2cnnc12. The van der Waals surface area contributed by atoms with Crippen LogP contribution in [0.4, 0.5) is 0 Å². The number of nitrogens with one attached hydrogen (secondary N) is 1. The van der Waals surface area contributed by atoms with Gasteiger partial charge in [-0.2, -0.15) is 0 Å². The second-order valence-electron chi connectivity index (χ2n) is 1.85. The fourth-order valence-electron chi connectivity index (χ4n) is 0.772. The highest BCUT2D eigenvalue weighted by molar-refractivity contribution is 5.85. The number of aromatic amines is 1. The summed E-state index contributed by atoms with van der Waals surface area (Å²) in [5.74, 6) is 0. The van der Waals surface area contributed by atoms with Crippen LogP contribution < -0.4 is 5.56 Å². The first kappa shape index (κ1) is 7.74.